The summed E-state index contributed by atoms with van der Waals surface area (Å²) in [6, 6.07) is 4.64. The minimum Gasteiger partial charge on any atom is -0.381 e. The van der Waals surface area contributed by atoms with Gasteiger partial charge in [0.25, 0.3) is 5.91 Å². The maximum Gasteiger partial charge on any atom is 0.254 e. The summed E-state index contributed by atoms with van der Waals surface area (Å²) < 4.78 is 19.1. The molecule has 0 bridgehead atoms. The van der Waals surface area contributed by atoms with Crippen LogP contribution in [-0.4, -0.2) is 31.0 Å². The third-order valence-electron chi connectivity index (χ3n) is 2.17. The van der Waals surface area contributed by atoms with Gasteiger partial charge in [-0.25, -0.2) is 4.39 Å². The van der Waals surface area contributed by atoms with Crippen molar-refractivity contribution in [3.63, 3.8) is 0 Å². The predicted molar refractivity (Wildman–Crippen MR) is 75.7 cm³/mol. The maximum atomic E-state index is 13.6. The first-order valence-corrected chi connectivity index (χ1v) is 7.44. The number of alkyl halides is 1. The number of amides is 1. The van der Waals surface area contributed by atoms with Crippen molar-refractivity contribution in [2.24, 2.45) is 0 Å². The summed E-state index contributed by atoms with van der Waals surface area (Å²) in [6.45, 7) is 1.69. The monoisotopic (exact) mass is 381 g/mol. The van der Waals surface area contributed by atoms with Crippen LogP contribution >= 0.6 is 31.9 Å². The van der Waals surface area contributed by atoms with Gasteiger partial charge < -0.3 is 10.1 Å². The molecule has 0 aliphatic heterocycles. The molecule has 1 N–H and O–H groups in total. The molecule has 18 heavy (non-hydrogen) atoms. The second-order valence-electron chi connectivity index (χ2n) is 3.51. The molecule has 6 heteroatoms. The van der Waals surface area contributed by atoms with Crippen LogP contribution in [0.1, 0.15) is 16.8 Å². The van der Waals surface area contributed by atoms with Crippen molar-refractivity contribution in [2.45, 2.75) is 6.42 Å². The van der Waals surface area contributed by atoms with Gasteiger partial charge >= 0.3 is 0 Å². The second-order valence-corrected chi connectivity index (χ2v) is 5.16. The zero-order chi connectivity index (χ0) is 13.4. The lowest BCUT2D eigenvalue weighted by atomic mass is 10.2. The third kappa shape index (κ3) is 5.04. The van der Waals surface area contributed by atoms with Crippen LogP contribution in [0, 0.1) is 5.82 Å². The van der Waals surface area contributed by atoms with E-state index in [0.717, 1.165) is 5.33 Å². The van der Waals surface area contributed by atoms with Gasteiger partial charge in [-0.15, -0.1) is 0 Å². The summed E-state index contributed by atoms with van der Waals surface area (Å²) in [7, 11) is 0. The van der Waals surface area contributed by atoms with E-state index < -0.39 is 11.7 Å². The van der Waals surface area contributed by atoms with E-state index >= 15 is 0 Å². The standard InChI is InChI=1S/C12H14Br2FNO2/c13-5-8-18-7-2-6-16-12(17)9-3-1-4-10(14)11(9)15/h1,3-4H,2,5-8H2,(H,16,17). The number of carbonyl (C=O) groups excluding carboxylic acids is 1. The Hall–Kier alpha value is -0.460. The van der Waals surface area contributed by atoms with Gasteiger partial charge in [-0.3, -0.25) is 4.79 Å². The number of halogens is 3. The normalized spacial score (nSPS) is 10.4. The first-order chi connectivity index (χ1) is 8.66. The molecule has 0 atom stereocenters. The zero-order valence-electron chi connectivity index (χ0n) is 9.72. The van der Waals surface area contributed by atoms with E-state index in [0.29, 0.717) is 26.2 Å². The van der Waals surface area contributed by atoms with Crippen molar-refractivity contribution < 1.29 is 13.9 Å². The van der Waals surface area contributed by atoms with Gasteiger partial charge in [-0.05, 0) is 34.5 Å². The fourth-order valence-corrected chi connectivity index (χ4v) is 1.90. The van der Waals surface area contributed by atoms with Crippen LogP contribution in [0.4, 0.5) is 4.39 Å². The van der Waals surface area contributed by atoms with Crippen LogP contribution in [-0.2, 0) is 4.74 Å². The summed E-state index contributed by atoms with van der Waals surface area (Å²) >= 11 is 6.29. The summed E-state index contributed by atoms with van der Waals surface area (Å²) in [5.41, 5.74) is 0.0470. The number of ether oxygens (including phenoxy) is 1. The molecule has 0 aliphatic carbocycles. The molecular weight excluding hydrogens is 369 g/mol. The molecule has 0 heterocycles. The van der Waals surface area contributed by atoms with Gasteiger partial charge in [-0.2, -0.15) is 0 Å². The van der Waals surface area contributed by atoms with Crippen LogP contribution in [0.25, 0.3) is 0 Å². The number of rotatable bonds is 7. The fraction of sp³-hybridized carbons (Fsp3) is 0.417. The van der Waals surface area contributed by atoms with E-state index in [1.807, 2.05) is 0 Å². The number of nitrogens with one attached hydrogen (secondary N) is 1. The molecule has 1 aromatic rings. The highest BCUT2D eigenvalue weighted by atomic mass is 79.9. The van der Waals surface area contributed by atoms with Crippen molar-refractivity contribution in [3.05, 3.63) is 34.1 Å². The van der Waals surface area contributed by atoms with Crippen molar-refractivity contribution in [1.82, 2.24) is 5.32 Å². The molecule has 100 valence electrons. The first-order valence-electron chi connectivity index (χ1n) is 5.52. The molecule has 1 amide bonds. The van der Waals surface area contributed by atoms with E-state index in [1.165, 1.54) is 6.07 Å². The molecule has 0 saturated carbocycles. The Morgan fingerprint density at radius 2 is 2.17 bits per heavy atom. The van der Waals surface area contributed by atoms with E-state index in [9.17, 15) is 9.18 Å². The minimum atomic E-state index is -0.537. The van der Waals surface area contributed by atoms with Gasteiger partial charge in [0.1, 0.15) is 5.82 Å². The molecule has 1 aromatic carbocycles. The zero-order valence-corrected chi connectivity index (χ0v) is 12.9. The Balaban J connectivity index is 2.35. The summed E-state index contributed by atoms with van der Waals surface area (Å²) in [5, 5.41) is 3.45. The van der Waals surface area contributed by atoms with Crippen LogP contribution in [0.3, 0.4) is 0 Å². The van der Waals surface area contributed by atoms with Crippen LogP contribution in [0.15, 0.2) is 22.7 Å². The Morgan fingerprint density at radius 3 is 2.89 bits per heavy atom. The van der Waals surface area contributed by atoms with Crippen LogP contribution in [0.2, 0.25) is 0 Å². The summed E-state index contributed by atoms with van der Waals surface area (Å²) in [5.74, 6) is -0.945. The minimum absolute atomic E-state index is 0.0470. The molecule has 1 rings (SSSR count). The Kier molecular flexibility index (Phi) is 7.46. The molecular formula is C12H14Br2FNO2. The van der Waals surface area contributed by atoms with Gasteiger partial charge in [0, 0.05) is 18.5 Å². The Bertz CT molecular complexity index is 402. The number of hydrogen-bond acceptors (Lipinski definition) is 2. The number of hydrogen-bond donors (Lipinski definition) is 1. The SMILES string of the molecule is O=C(NCCCOCCBr)c1cccc(Br)c1F. The molecule has 0 aliphatic rings. The van der Waals surface area contributed by atoms with Gasteiger partial charge in [0.05, 0.1) is 16.6 Å². The molecule has 0 fully saturated rings. The number of benzene rings is 1. The second kappa shape index (κ2) is 8.61. The fourth-order valence-electron chi connectivity index (χ4n) is 1.31. The Morgan fingerprint density at radius 1 is 1.39 bits per heavy atom. The molecule has 0 aromatic heterocycles. The van der Waals surface area contributed by atoms with Crippen molar-refractivity contribution >= 4 is 37.8 Å². The van der Waals surface area contributed by atoms with Gasteiger partial charge in [-0.1, -0.05) is 22.0 Å². The molecule has 3 nitrogen and oxygen atoms in total. The van der Waals surface area contributed by atoms with Gasteiger partial charge in [0.2, 0.25) is 0 Å². The first kappa shape index (κ1) is 15.6. The molecule has 0 spiro atoms. The maximum absolute atomic E-state index is 13.6. The quantitative estimate of drug-likeness (QED) is 0.581. The van der Waals surface area contributed by atoms with Crippen LogP contribution in [0.5, 0.6) is 0 Å². The lowest BCUT2D eigenvalue weighted by Gasteiger charge is -2.07. The third-order valence-corrected chi connectivity index (χ3v) is 3.10. The smallest absolute Gasteiger partial charge is 0.254 e. The van der Waals surface area contributed by atoms with E-state index in [-0.39, 0.29) is 10.0 Å². The van der Waals surface area contributed by atoms with E-state index in [2.05, 4.69) is 37.2 Å². The molecule has 0 saturated heterocycles. The summed E-state index contributed by atoms with van der Waals surface area (Å²) in [4.78, 5) is 11.7. The molecule has 0 radical (unpaired) electrons. The highest BCUT2D eigenvalue weighted by Crippen LogP contribution is 2.18. The summed E-state index contributed by atoms with van der Waals surface area (Å²) in [6.07, 6.45) is 0.703. The largest absolute Gasteiger partial charge is 0.381 e. The highest BCUT2D eigenvalue weighted by molar-refractivity contribution is 9.10. The van der Waals surface area contributed by atoms with Crippen molar-refractivity contribution in [3.8, 4) is 0 Å². The van der Waals surface area contributed by atoms with Crippen LogP contribution < -0.4 is 5.32 Å². The van der Waals surface area contributed by atoms with Crippen molar-refractivity contribution in [1.29, 1.82) is 0 Å². The van der Waals surface area contributed by atoms with Crippen molar-refractivity contribution in [2.75, 3.05) is 25.1 Å². The number of carbonyl (C=O) groups is 1. The Labute approximate surface area is 122 Å². The molecule has 0 unspecified atom stereocenters. The van der Waals surface area contributed by atoms with E-state index in [4.69, 9.17) is 4.74 Å². The highest BCUT2D eigenvalue weighted by Gasteiger charge is 2.12. The van der Waals surface area contributed by atoms with Gasteiger partial charge in [0.15, 0.2) is 0 Å². The average Bonchev–Trinajstić information content (AvgIpc) is 2.36. The van der Waals surface area contributed by atoms with E-state index in [1.54, 1.807) is 12.1 Å². The lowest BCUT2D eigenvalue weighted by Crippen LogP contribution is -2.26. The predicted octanol–water partition coefficient (Wildman–Crippen LogP) is 3.12. The topological polar surface area (TPSA) is 38.3 Å². The average molecular weight is 383 g/mol. The lowest BCUT2D eigenvalue weighted by molar-refractivity contribution is 0.0940.